The molecule has 0 bridgehead atoms. The summed E-state index contributed by atoms with van der Waals surface area (Å²) in [6.07, 6.45) is 1.66. The Bertz CT molecular complexity index is 1300. The van der Waals surface area contributed by atoms with Crippen LogP contribution in [0.3, 0.4) is 0 Å². The Morgan fingerprint density at radius 2 is 1.93 bits per heavy atom. The van der Waals surface area contributed by atoms with Gasteiger partial charge in [0.25, 0.3) is 0 Å². The third kappa shape index (κ3) is 4.09. The van der Waals surface area contributed by atoms with E-state index in [4.69, 9.17) is 4.42 Å². The van der Waals surface area contributed by atoms with Gasteiger partial charge < -0.3 is 8.98 Å². The van der Waals surface area contributed by atoms with Crippen molar-refractivity contribution in [3.05, 3.63) is 84.8 Å². The number of nitrogens with zero attached hydrogens (tertiary/aromatic N) is 2. The maximum Gasteiger partial charge on any atom is 0.307 e. The van der Waals surface area contributed by atoms with Gasteiger partial charge in [-0.05, 0) is 97.5 Å². The quantitative estimate of drug-likeness (QED) is 0.177. The zero-order valence-electron chi connectivity index (χ0n) is 16.7. The number of benzene rings is 2. The summed E-state index contributed by atoms with van der Waals surface area (Å²) >= 11 is 5.75. The number of aromatic nitrogens is 1. The van der Waals surface area contributed by atoms with E-state index in [1.165, 1.54) is 9.13 Å². The molecule has 4 rings (SSSR count). The molecule has 0 aliphatic rings. The van der Waals surface area contributed by atoms with Crippen molar-refractivity contribution in [3.63, 3.8) is 0 Å². The molecule has 0 saturated carbocycles. The minimum atomic E-state index is -0.388. The summed E-state index contributed by atoms with van der Waals surface area (Å²) in [7, 11) is 0. The number of hydrazone groups is 1. The number of furan rings is 1. The van der Waals surface area contributed by atoms with Gasteiger partial charge in [-0.2, -0.15) is 5.10 Å². The predicted octanol–water partition coefficient (Wildman–Crippen LogP) is 6.28. The topological polar surface area (TPSA) is 59.5 Å². The van der Waals surface area contributed by atoms with Crippen LogP contribution in [0.1, 0.15) is 33.1 Å². The molecule has 0 unspecified atom stereocenters. The molecule has 152 valence electrons. The highest BCUT2D eigenvalue weighted by Crippen LogP contribution is 2.24. The molecule has 0 fully saturated rings. The Morgan fingerprint density at radius 1 is 1.13 bits per heavy atom. The summed E-state index contributed by atoms with van der Waals surface area (Å²) in [4.78, 5) is 12.4. The SMILES string of the molecule is Cc1cc(-n2c(C)cc(/C=N\NC(=O)c3cc4cc(Br)ccc4o3)c2C)ccc1I. The van der Waals surface area contributed by atoms with Gasteiger partial charge in [0.05, 0.1) is 6.21 Å². The fraction of sp³-hybridized carbons (Fsp3) is 0.130. The summed E-state index contributed by atoms with van der Waals surface area (Å²) in [5.74, 6) is -0.166. The largest absolute Gasteiger partial charge is 0.451 e. The van der Waals surface area contributed by atoms with E-state index in [9.17, 15) is 4.79 Å². The average Bonchev–Trinajstić information content (AvgIpc) is 3.24. The van der Waals surface area contributed by atoms with Crippen molar-refractivity contribution >= 4 is 61.6 Å². The highest BCUT2D eigenvalue weighted by Gasteiger charge is 2.13. The first-order valence-electron chi connectivity index (χ1n) is 9.31. The molecule has 4 aromatic rings. The second-order valence-corrected chi connectivity index (χ2v) is 9.17. The van der Waals surface area contributed by atoms with Gasteiger partial charge in [-0.15, -0.1) is 0 Å². The molecule has 7 heteroatoms. The summed E-state index contributed by atoms with van der Waals surface area (Å²) < 4.78 is 9.95. The monoisotopic (exact) mass is 575 g/mol. The lowest BCUT2D eigenvalue weighted by Gasteiger charge is -2.11. The van der Waals surface area contributed by atoms with Crippen molar-refractivity contribution in [3.8, 4) is 5.69 Å². The van der Waals surface area contributed by atoms with Gasteiger partial charge in [-0.3, -0.25) is 4.79 Å². The number of nitrogens with one attached hydrogen (secondary N) is 1. The molecule has 0 spiro atoms. The van der Waals surface area contributed by atoms with Crippen LogP contribution in [-0.4, -0.2) is 16.7 Å². The maximum atomic E-state index is 12.4. The predicted molar refractivity (Wildman–Crippen MR) is 132 cm³/mol. The van der Waals surface area contributed by atoms with Crippen LogP contribution in [0.5, 0.6) is 0 Å². The Balaban J connectivity index is 1.53. The first-order valence-corrected chi connectivity index (χ1v) is 11.2. The molecule has 1 amide bonds. The lowest BCUT2D eigenvalue weighted by molar-refractivity contribution is 0.0929. The van der Waals surface area contributed by atoms with E-state index in [0.717, 1.165) is 32.5 Å². The third-order valence-electron chi connectivity index (χ3n) is 4.94. The van der Waals surface area contributed by atoms with E-state index in [0.29, 0.717) is 5.58 Å². The minimum absolute atomic E-state index is 0.222. The fourth-order valence-electron chi connectivity index (χ4n) is 3.43. The van der Waals surface area contributed by atoms with Crippen molar-refractivity contribution < 1.29 is 9.21 Å². The number of carbonyl (C=O) groups excluding carboxylic acids is 1. The van der Waals surface area contributed by atoms with Gasteiger partial charge in [0, 0.05) is 36.1 Å². The molecule has 2 aromatic heterocycles. The first kappa shape index (κ1) is 20.9. The number of rotatable bonds is 4. The summed E-state index contributed by atoms with van der Waals surface area (Å²) in [6, 6.07) is 15.7. The zero-order chi connectivity index (χ0) is 21.4. The van der Waals surface area contributed by atoms with E-state index in [2.05, 4.69) is 91.7 Å². The fourth-order valence-corrected chi connectivity index (χ4v) is 4.14. The number of aryl methyl sites for hydroxylation is 2. The number of hydrogen-bond donors (Lipinski definition) is 1. The van der Waals surface area contributed by atoms with Crippen LogP contribution in [0.2, 0.25) is 0 Å². The van der Waals surface area contributed by atoms with Crippen molar-refractivity contribution in [2.45, 2.75) is 20.8 Å². The molecule has 0 atom stereocenters. The van der Waals surface area contributed by atoms with Crippen molar-refractivity contribution in [1.82, 2.24) is 9.99 Å². The lowest BCUT2D eigenvalue weighted by atomic mass is 10.2. The number of carbonyl (C=O) groups is 1. The Labute approximate surface area is 196 Å². The van der Waals surface area contributed by atoms with Crippen LogP contribution in [0.25, 0.3) is 16.7 Å². The van der Waals surface area contributed by atoms with E-state index in [-0.39, 0.29) is 11.7 Å². The second kappa shape index (κ2) is 8.39. The molecule has 5 nitrogen and oxygen atoms in total. The summed E-state index contributed by atoms with van der Waals surface area (Å²) in [6.45, 7) is 6.21. The van der Waals surface area contributed by atoms with Crippen molar-refractivity contribution in [1.29, 1.82) is 0 Å². The molecule has 2 aromatic carbocycles. The number of amides is 1. The number of halogens is 2. The minimum Gasteiger partial charge on any atom is -0.451 e. The zero-order valence-corrected chi connectivity index (χ0v) is 20.4. The van der Waals surface area contributed by atoms with Gasteiger partial charge in [0.15, 0.2) is 5.76 Å². The average molecular weight is 576 g/mol. The third-order valence-corrected chi connectivity index (χ3v) is 6.65. The molecule has 1 N–H and O–H groups in total. The normalized spacial score (nSPS) is 11.5. The number of fused-ring (bicyclic) bond motifs is 1. The van der Waals surface area contributed by atoms with Crippen LogP contribution >= 0.6 is 38.5 Å². The molecule has 30 heavy (non-hydrogen) atoms. The van der Waals surface area contributed by atoms with Crippen molar-refractivity contribution in [2.24, 2.45) is 5.10 Å². The van der Waals surface area contributed by atoms with E-state index < -0.39 is 0 Å². The highest BCUT2D eigenvalue weighted by molar-refractivity contribution is 14.1. The standard InChI is InChI=1S/C23H19BrIN3O2/c1-13-8-19(5-6-20(13)25)28-14(2)9-17(15(28)3)12-26-27-23(29)22-11-16-10-18(24)4-7-21(16)30-22/h4-12H,1-3H3,(H,27,29)/b26-12-. The molecule has 0 radical (unpaired) electrons. The molecule has 2 heterocycles. The summed E-state index contributed by atoms with van der Waals surface area (Å²) in [5.41, 5.74) is 8.65. The Morgan fingerprint density at radius 3 is 2.70 bits per heavy atom. The lowest BCUT2D eigenvalue weighted by Crippen LogP contribution is -2.16. The Hall–Kier alpha value is -2.39. The molecule has 0 aliphatic carbocycles. The molecule has 0 saturated heterocycles. The van der Waals surface area contributed by atoms with Gasteiger partial charge in [0.1, 0.15) is 5.58 Å². The van der Waals surface area contributed by atoms with Crippen molar-refractivity contribution in [2.75, 3.05) is 0 Å². The molecular weight excluding hydrogens is 557 g/mol. The number of hydrogen-bond acceptors (Lipinski definition) is 3. The molecule has 0 aliphatic heterocycles. The smallest absolute Gasteiger partial charge is 0.307 e. The van der Waals surface area contributed by atoms with Crippen LogP contribution in [0, 0.1) is 24.3 Å². The highest BCUT2D eigenvalue weighted by atomic mass is 127. The van der Waals surface area contributed by atoms with Gasteiger partial charge in [-0.25, -0.2) is 5.43 Å². The van der Waals surface area contributed by atoms with Gasteiger partial charge >= 0.3 is 5.91 Å². The maximum absolute atomic E-state index is 12.4. The van der Waals surface area contributed by atoms with Crippen LogP contribution in [-0.2, 0) is 0 Å². The van der Waals surface area contributed by atoms with Crippen LogP contribution < -0.4 is 5.43 Å². The Kier molecular flexibility index (Phi) is 5.84. The van der Waals surface area contributed by atoms with E-state index >= 15 is 0 Å². The van der Waals surface area contributed by atoms with Crippen LogP contribution in [0.15, 0.2) is 62.5 Å². The first-order chi connectivity index (χ1) is 14.3. The van der Waals surface area contributed by atoms with Gasteiger partial charge in [0.2, 0.25) is 0 Å². The van der Waals surface area contributed by atoms with Gasteiger partial charge in [-0.1, -0.05) is 15.9 Å². The van der Waals surface area contributed by atoms with E-state index in [1.54, 1.807) is 12.3 Å². The molecular formula is C23H19BrIN3O2. The summed E-state index contributed by atoms with van der Waals surface area (Å²) in [5, 5.41) is 4.99. The second-order valence-electron chi connectivity index (χ2n) is 7.09. The van der Waals surface area contributed by atoms with E-state index in [1.807, 2.05) is 25.1 Å². The van der Waals surface area contributed by atoms with Crippen LogP contribution in [0.4, 0.5) is 0 Å².